The summed E-state index contributed by atoms with van der Waals surface area (Å²) in [5, 5.41) is 60.3. The Kier molecular flexibility index (Phi) is 18.9. The molecule has 1 spiro atoms. The zero-order chi connectivity index (χ0) is 59.7. The maximum Gasteiger partial charge on any atom is 0.407 e. The van der Waals surface area contributed by atoms with Crippen LogP contribution in [0.1, 0.15) is 121 Å². The van der Waals surface area contributed by atoms with Gasteiger partial charge < -0.3 is 88.7 Å². The van der Waals surface area contributed by atoms with Crippen LogP contribution in [0.4, 0.5) is 4.79 Å². The Morgan fingerprint density at radius 2 is 1.37 bits per heavy atom. The van der Waals surface area contributed by atoms with E-state index in [0.717, 1.165) is 5.57 Å². The highest BCUT2D eigenvalue weighted by atomic mass is 16.7. The summed E-state index contributed by atoms with van der Waals surface area (Å²) in [6.07, 6.45) is -1.16. The van der Waals surface area contributed by atoms with E-state index in [1.54, 1.807) is 26.8 Å². The molecule has 27 atom stereocenters. The number of aliphatic hydroxyl groups is 5. The minimum Gasteiger partial charge on any atom is -0.511 e. The van der Waals surface area contributed by atoms with E-state index in [1.165, 1.54) is 14.2 Å². The van der Waals surface area contributed by atoms with Crippen LogP contribution in [0.3, 0.4) is 0 Å². The average molecular weight is 1160 g/mol. The fraction of sp³-hybridized carbons (Fsp3) is 0.787. The molecule has 8 N–H and O–H groups in total. The van der Waals surface area contributed by atoms with Crippen molar-refractivity contribution in [2.45, 2.75) is 237 Å². The third kappa shape index (κ3) is 11.8. The number of nitrogens with two attached hydrogens (primary N) is 1. The fourth-order valence-corrected chi connectivity index (χ4v) is 15.7. The highest BCUT2D eigenvalue weighted by molar-refractivity contribution is 6.26. The van der Waals surface area contributed by atoms with Crippen molar-refractivity contribution in [2.24, 2.45) is 52.6 Å². The van der Waals surface area contributed by atoms with Crippen LogP contribution in [0, 0.1) is 46.8 Å². The van der Waals surface area contributed by atoms with Gasteiger partial charge in [0.15, 0.2) is 30.8 Å². The number of esters is 1. The number of rotatable bonds is 11. The smallest absolute Gasteiger partial charge is 0.407 e. The lowest BCUT2D eigenvalue weighted by molar-refractivity contribution is -0.335. The highest BCUT2D eigenvalue weighted by Crippen LogP contribution is 2.61. The van der Waals surface area contributed by atoms with E-state index in [9.17, 15) is 35.1 Å². The maximum atomic E-state index is 15.6. The van der Waals surface area contributed by atoms with Crippen LogP contribution in [0.2, 0.25) is 0 Å². The minimum absolute atomic E-state index is 0.0320. The molecule has 0 aromatic heterocycles. The first-order valence-corrected chi connectivity index (χ1v) is 29.7. The molecule has 1 amide bonds. The van der Waals surface area contributed by atoms with Crippen molar-refractivity contribution in [3.63, 3.8) is 0 Å². The Hall–Kier alpha value is -3.65. The molecule has 0 aromatic rings. The van der Waals surface area contributed by atoms with Gasteiger partial charge in [-0.15, -0.1) is 0 Å². The Balaban J connectivity index is 1.00. The van der Waals surface area contributed by atoms with Gasteiger partial charge in [-0.25, -0.2) is 9.59 Å². The van der Waals surface area contributed by atoms with Gasteiger partial charge in [0.25, 0.3) is 0 Å². The van der Waals surface area contributed by atoms with Crippen LogP contribution in [0.25, 0.3) is 0 Å². The summed E-state index contributed by atoms with van der Waals surface area (Å²) in [5.41, 5.74) is 4.75. The molecule has 6 fully saturated rings. The normalized spacial score (nSPS) is 50.3. The third-order valence-electron chi connectivity index (χ3n) is 19.9. The zero-order valence-corrected chi connectivity index (χ0v) is 49.9. The molecule has 5 aliphatic heterocycles. The Bertz CT molecular complexity index is 2490. The number of hydrogen-bond donors (Lipinski definition) is 7. The van der Waals surface area contributed by atoms with E-state index >= 15 is 4.79 Å². The summed E-state index contributed by atoms with van der Waals surface area (Å²) in [6.45, 7) is 20.6. The summed E-state index contributed by atoms with van der Waals surface area (Å²) < 4.78 is 68.4. The second-order valence-electron chi connectivity index (χ2n) is 25.8. The van der Waals surface area contributed by atoms with Crippen LogP contribution in [-0.4, -0.2) is 180 Å². The number of ether oxygens (including phenoxy) is 11. The Morgan fingerprint density at radius 1 is 0.744 bits per heavy atom. The van der Waals surface area contributed by atoms with Crippen LogP contribution >= 0.6 is 0 Å². The van der Waals surface area contributed by atoms with Crippen molar-refractivity contribution in [1.29, 1.82) is 0 Å². The number of alkyl carbamates (subject to hydrolysis) is 1. The van der Waals surface area contributed by atoms with Gasteiger partial charge in [-0.3, -0.25) is 4.79 Å². The van der Waals surface area contributed by atoms with Gasteiger partial charge in [-0.1, -0.05) is 63.6 Å². The first-order valence-electron chi connectivity index (χ1n) is 29.7. The van der Waals surface area contributed by atoms with Crippen LogP contribution < -0.4 is 11.1 Å². The van der Waals surface area contributed by atoms with Gasteiger partial charge in [0.1, 0.15) is 29.6 Å². The number of hydrogen-bond acceptors (Lipinski definition) is 20. The molecule has 21 heteroatoms. The van der Waals surface area contributed by atoms with Gasteiger partial charge in [-0.05, 0) is 96.1 Å². The van der Waals surface area contributed by atoms with E-state index in [1.807, 2.05) is 47.6 Å². The monoisotopic (exact) mass is 1160 g/mol. The number of ketones is 1. The Labute approximate surface area is 482 Å². The van der Waals surface area contributed by atoms with Crippen LogP contribution in [-0.2, 0) is 61.7 Å². The van der Waals surface area contributed by atoms with Gasteiger partial charge in [0, 0.05) is 67.9 Å². The molecule has 1 saturated carbocycles. The quantitative estimate of drug-likeness (QED) is 0.0789. The molecule has 4 aliphatic carbocycles. The van der Waals surface area contributed by atoms with E-state index in [4.69, 9.17) is 57.8 Å². The lowest BCUT2D eigenvalue weighted by atomic mass is 9.49. The van der Waals surface area contributed by atoms with Crippen molar-refractivity contribution >= 4 is 17.8 Å². The fourth-order valence-electron chi connectivity index (χ4n) is 15.7. The molecule has 9 aliphatic rings. The van der Waals surface area contributed by atoms with E-state index in [2.05, 4.69) is 37.4 Å². The molecule has 0 aromatic carbocycles. The van der Waals surface area contributed by atoms with Crippen molar-refractivity contribution in [3.8, 4) is 0 Å². The minimum atomic E-state index is -1.75. The lowest BCUT2D eigenvalue weighted by Gasteiger charge is -2.56. The van der Waals surface area contributed by atoms with Crippen LogP contribution in [0.5, 0.6) is 0 Å². The standard InChI is InChI=1S/C61H92N2O19/c1-27-14-17-42(78-47-25-59(10,62)54(35(9)77-47)63-58(71)73-13)28(2)19-37-20-36(26-64)31(5)24-61(37)56(69)48(57(70)82-61)55(68)60(11)39(27)16-15-38-49(60)29(3)18-30(4)51(38)80-46-23-43(50(67)32(6)74-46)79-44-22-41(66)53(34(8)76-44)81-45-21-40(65)52(72-12)33(7)75-45/h14-16,19-20,29-35,37-47,49-54,64-68H,17-18,21-26,62H2,1-13H3,(H,63,71)/b27-14+,28-19+,55-48+/t29-,30-,31+,32-,33-,34-,35+,37+,38-,39-,40+,41+,42-,43+,44+,45+,46+,47-,49+,50-,51?,52-,53-,54+,59?,60+,61-/m0/s1. The van der Waals surface area contributed by atoms with Crippen molar-refractivity contribution in [1.82, 2.24) is 5.32 Å². The van der Waals surface area contributed by atoms with Gasteiger partial charge in [0.2, 0.25) is 5.78 Å². The second-order valence-corrected chi connectivity index (χ2v) is 25.8. The number of fused-ring (bicyclic) bond motifs is 4. The molecular formula is C61H92N2O19. The first kappa shape index (κ1) is 62.9. The largest absolute Gasteiger partial charge is 0.511 e. The lowest BCUT2D eigenvalue weighted by Crippen LogP contribution is -2.66. The number of carbonyl (C=O) groups excluding carboxylic acids is 3. The molecule has 2 bridgehead atoms. The first-order chi connectivity index (χ1) is 38.6. The number of allylic oxidation sites excluding steroid dienone is 3. The molecule has 9 rings (SSSR count). The maximum absolute atomic E-state index is 15.6. The van der Waals surface area contributed by atoms with E-state index in [0.29, 0.717) is 24.0 Å². The summed E-state index contributed by atoms with van der Waals surface area (Å²) >= 11 is 0. The number of Topliss-reactive ketones (excluding diaryl/α,β-unsaturated/α-hetero) is 1. The predicted octanol–water partition coefficient (Wildman–Crippen LogP) is 5.25. The SMILES string of the molecule is COC(=O)N[C@@H]1[C@@H](C)O[C@@H](O[C@H]2C/C=C(\C)[C@@H]3C=C[C@@H]4C(O[C@@H]5C[C@@H](O[C@@H]6C[C@@H](O)[C@@H](O[C@@H]7C[C@@H](O)[C@@H](OC)[C@H](C)O7)[C@H](C)O6)[C@@H](O)[C@H](C)O5)[C@@H](C)C[C@H](C)[C@H]4[C@]3(C)/C(O)=C3\C(=O)O[C@]4(C[C@@H](C)C(CO)=C[C@H]4/C=C/2C)C3=O)CC1(C)N. The molecule has 2 unspecified atom stereocenters. The molecular weight excluding hydrogens is 1060 g/mol. The number of carbonyl (C=O) groups is 3. The molecule has 21 nitrogen and oxygen atoms in total. The summed E-state index contributed by atoms with van der Waals surface area (Å²) in [6, 6.07) is -0.595. The third-order valence-corrected chi connectivity index (χ3v) is 19.9. The Morgan fingerprint density at radius 3 is 2.00 bits per heavy atom. The number of methoxy groups -OCH3 is 2. The van der Waals surface area contributed by atoms with E-state index < -0.39 is 157 Å². The summed E-state index contributed by atoms with van der Waals surface area (Å²) in [7, 11) is 2.79. The van der Waals surface area contributed by atoms with Gasteiger partial charge >= 0.3 is 12.1 Å². The summed E-state index contributed by atoms with van der Waals surface area (Å²) in [4.78, 5) is 42.6. The van der Waals surface area contributed by atoms with Crippen molar-refractivity contribution < 1.29 is 92.0 Å². The molecule has 5 heterocycles. The average Bonchev–Trinajstić information content (AvgIpc) is 3.56. The predicted molar refractivity (Wildman–Crippen MR) is 295 cm³/mol. The molecule has 0 radical (unpaired) electrons. The van der Waals surface area contributed by atoms with E-state index in [-0.39, 0.29) is 73.7 Å². The second kappa shape index (κ2) is 24.6. The topological polar surface area (TPSA) is 292 Å². The van der Waals surface area contributed by atoms with Gasteiger partial charge in [0.05, 0.1) is 74.7 Å². The zero-order valence-electron chi connectivity index (χ0n) is 49.9. The molecule has 460 valence electrons. The van der Waals surface area contributed by atoms with Crippen LogP contribution in [0.15, 0.2) is 58.4 Å². The van der Waals surface area contributed by atoms with Crippen molar-refractivity contribution in [3.05, 3.63) is 58.4 Å². The number of amides is 1. The number of nitrogens with one attached hydrogen (secondary N) is 1. The summed E-state index contributed by atoms with van der Waals surface area (Å²) in [5.74, 6) is -4.54. The van der Waals surface area contributed by atoms with Gasteiger partial charge in [-0.2, -0.15) is 0 Å². The number of aliphatic hydroxyl groups excluding tert-OH is 5. The molecule has 82 heavy (non-hydrogen) atoms. The highest BCUT2D eigenvalue weighted by Gasteiger charge is 2.64. The van der Waals surface area contributed by atoms with Crippen molar-refractivity contribution in [2.75, 3.05) is 20.8 Å². The molecule has 5 saturated heterocycles.